The van der Waals surface area contributed by atoms with Gasteiger partial charge in [-0.05, 0) is 49.4 Å². The lowest BCUT2D eigenvalue weighted by atomic mass is 10.2. The Kier molecular flexibility index (Phi) is 3.58. The zero-order valence-electron chi connectivity index (χ0n) is 12.7. The number of pyridine rings is 1. The highest BCUT2D eigenvalue weighted by atomic mass is 16.1. The Morgan fingerprint density at radius 3 is 2.91 bits per heavy atom. The van der Waals surface area contributed by atoms with Crippen LogP contribution in [0.5, 0.6) is 0 Å². The number of aromatic nitrogens is 6. The van der Waals surface area contributed by atoms with E-state index in [-0.39, 0.29) is 11.9 Å². The average Bonchev–Trinajstić information content (AvgIpc) is 3.09. The molecule has 0 aliphatic rings. The van der Waals surface area contributed by atoms with E-state index in [2.05, 4.69) is 25.9 Å². The van der Waals surface area contributed by atoms with Crippen LogP contribution in [0.25, 0.3) is 5.65 Å². The van der Waals surface area contributed by atoms with Gasteiger partial charge in [-0.1, -0.05) is 0 Å². The van der Waals surface area contributed by atoms with Crippen LogP contribution in [0.2, 0.25) is 0 Å². The van der Waals surface area contributed by atoms with E-state index in [0.29, 0.717) is 17.8 Å². The number of carbonyl (C=O) groups excluding carboxylic acids is 1. The van der Waals surface area contributed by atoms with Gasteiger partial charge >= 0.3 is 0 Å². The minimum absolute atomic E-state index is 0.0798. The van der Waals surface area contributed by atoms with Crippen molar-refractivity contribution in [3.8, 4) is 0 Å². The van der Waals surface area contributed by atoms with Crippen LogP contribution in [0, 0.1) is 13.8 Å². The van der Waals surface area contributed by atoms with Crippen molar-refractivity contribution >= 4 is 11.6 Å². The van der Waals surface area contributed by atoms with Gasteiger partial charge in [0.25, 0.3) is 5.91 Å². The number of rotatable bonds is 4. The minimum atomic E-state index is -0.154. The zero-order valence-corrected chi connectivity index (χ0v) is 12.7. The predicted molar refractivity (Wildman–Crippen MR) is 79.5 cm³/mol. The van der Waals surface area contributed by atoms with E-state index in [1.807, 2.05) is 31.5 Å². The number of nitrogens with one attached hydrogen (secondary N) is 1. The lowest BCUT2D eigenvalue weighted by Crippen LogP contribution is -2.30. The van der Waals surface area contributed by atoms with Gasteiger partial charge in [-0.25, -0.2) is 4.52 Å². The summed E-state index contributed by atoms with van der Waals surface area (Å²) < 4.78 is 3.43. The molecule has 8 nitrogen and oxygen atoms in total. The largest absolute Gasteiger partial charge is 0.350 e. The van der Waals surface area contributed by atoms with Crippen LogP contribution in [0.1, 0.15) is 34.7 Å². The van der Waals surface area contributed by atoms with E-state index >= 15 is 0 Å². The Hall–Kier alpha value is -2.77. The molecule has 0 aliphatic heterocycles. The Bertz CT molecular complexity index is 820. The molecule has 3 heterocycles. The fraction of sp³-hybridized carbons (Fsp3) is 0.357. The molecule has 0 saturated carbocycles. The number of fused-ring (bicyclic) bond motifs is 1. The molecular weight excluding hydrogens is 282 g/mol. The first kappa shape index (κ1) is 14.2. The van der Waals surface area contributed by atoms with E-state index in [4.69, 9.17) is 0 Å². The molecule has 0 aromatic carbocycles. The standard InChI is InChI=1S/C14H17N7O/c1-9-6-10(2)21(17-9)11(3)8-15-14(22)12-4-5-20-13(7-12)16-18-19-20/h4-7,11H,8H2,1-3H3,(H,15,22). The molecule has 0 aliphatic carbocycles. The summed E-state index contributed by atoms with van der Waals surface area (Å²) in [5, 5.41) is 18.5. The van der Waals surface area contributed by atoms with Gasteiger partial charge in [0.2, 0.25) is 0 Å². The highest BCUT2D eigenvalue weighted by molar-refractivity contribution is 5.94. The highest BCUT2D eigenvalue weighted by Crippen LogP contribution is 2.10. The van der Waals surface area contributed by atoms with E-state index in [9.17, 15) is 4.79 Å². The lowest BCUT2D eigenvalue weighted by molar-refractivity contribution is 0.0947. The molecule has 0 radical (unpaired) electrons. The van der Waals surface area contributed by atoms with Crippen molar-refractivity contribution < 1.29 is 4.79 Å². The number of aryl methyl sites for hydroxylation is 2. The van der Waals surface area contributed by atoms with E-state index in [1.54, 1.807) is 18.3 Å². The molecule has 114 valence electrons. The monoisotopic (exact) mass is 299 g/mol. The van der Waals surface area contributed by atoms with Crippen LogP contribution in [0.15, 0.2) is 24.4 Å². The molecular formula is C14H17N7O. The van der Waals surface area contributed by atoms with Crippen molar-refractivity contribution in [2.24, 2.45) is 0 Å². The quantitative estimate of drug-likeness (QED) is 0.774. The second-order valence-corrected chi connectivity index (χ2v) is 5.33. The molecule has 8 heteroatoms. The first-order valence-electron chi connectivity index (χ1n) is 7.03. The van der Waals surface area contributed by atoms with Crippen molar-refractivity contribution in [3.63, 3.8) is 0 Å². The third-order valence-electron chi connectivity index (χ3n) is 3.48. The molecule has 1 N–H and O–H groups in total. The zero-order chi connectivity index (χ0) is 15.7. The number of amides is 1. The second kappa shape index (κ2) is 5.55. The Morgan fingerprint density at radius 2 is 2.18 bits per heavy atom. The van der Waals surface area contributed by atoms with Gasteiger partial charge in [-0.2, -0.15) is 5.10 Å². The van der Waals surface area contributed by atoms with Crippen LogP contribution in [0.4, 0.5) is 0 Å². The predicted octanol–water partition coefficient (Wildman–Crippen LogP) is 0.929. The van der Waals surface area contributed by atoms with Gasteiger partial charge in [0.05, 0.1) is 11.7 Å². The summed E-state index contributed by atoms with van der Waals surface area (Å²) in [4.78, 5) is 12.2. The van der Waals surface area contributed by atoms with E-state index in [1.165, 1.54) is 4.52 Å². The maximum atomic E-state index is 12.2. The molecule has 1 amide bonds. The third-order valence-corrected chi connectivity index (χ3v) is 3.48. The molecule has 0 fully saturated rings. The van der Waals surface area contributed by atoms with Crippen molar-refractivity contribution in [3.05, 3.63) is 41.3 Å². The van der Waals surface area contributed by atoms with Crippen LogP contribution in [-0.4, -0.2) is 42.3 Å². The summed E-state index contributed by atoms with van der Waals surface area (Å²) in [7, 11) is 0. The number of hydrogen-bond donors (Lipinski definition) is 1. The lowest BCUT2D eigenvalue weighted by Gasteiger charge is -2.15. The third kappa shape index (κ3) is 2.67. The highest BCUT2D eigenvalue weighted by Gasteiger charge is 2.12. The second-order valence-electron chi connectivity index (χ2n) is 5.33. The molecule has 22 heavy (non-hydrogen) atoms. The summed E-state index contributed by atoms with van der Waals surface area (Å²) in [6.45, 7) is 6.48. The summed E-state index contributed by atoms with van der Waals surface area (Å²) in [6.07, 6.45) is 1.66. The number of carbonyl (C=O) groups is 1. The van der Waals surface area contributed by atoms with Crippen molar-refractivity contribution in [1.29, 1.82) is 0 Å². The van der Waals surface area contributed by atoms with Gasteiger partial charge < -0.3 is 5.32 Å². The number of tetrazole rings is 1. The van der Waals surface area contributed by atoms with Crippen molar-refractivity contribution in [2.45, 2.75) is 26.8 Å². The van der Waals surface area contributed by atoms with Crippen LogP contribution in [-0.2, 0) is 0 Å². The molecule has 1 atom stereocenters. The van der Waals surface area contributed by atoms with Crippen LogP contribution >= 0.6 is 0 Å². The van der Waals surface area contributed by atoms with Gasteiger partial charge in [0, 0.05) is 24.0 Å². The maximum absolute atomic E-state index is 12.2. The smallest absolute Gasteiger partial charge is 0.251 e. The summed E-state index contributed by atoms with van der Waals surface area (Å²) in [5.41, 5.74) is 3.12. The summed E-state index contributed by atoms with van der Waals surface area (Å²) in [5.74, 6) is -0.154. The average molecular weight is 299 g/mol. The molecule has 3 aromatic rings. The number of hydrogen-bond acceptors (Lipinski definition) is 5. The SMILES string of the molecule is Cc1cc(C)n(C(C)CNC(=O)c2ccn3nnnc3c2)n1. The van der Waals surface area contributed by atoms with Gasteiger partial charge in [-0.15, -0.1) is 5.10 Å². The van der Waals surface area contributed by atoms with Gasteiger partial charge in [0.1, 0.15) is 0 Å². The Balaban J connectivity index is 1.67. The first-order chi connectivity index (χ1) is 10.5. The van der Waals surface area contributed by atoms with Crippen molar-refractivity contribution in [1.82, 2.24) is 35.1 Å². The fourth-order valence-electron chi connectivity index (χ4n) is 2.40. The molecule has 1 unspecified atom stereocenters. The summed E-state index contributed by atoms with van der Waals surface area (Å²) >= 11 is 0. The molecule has 0 saturated heterocycles. The van der Waals surface area contributed by atoms with E-state index in [0.717, 1.165) is 11.4 Å². The molecule has 0 bridgehead atoms. The van der Waals surface area contributed by atoms with Gasteiger partial charge in [-0.3, -0.25) is 9.48 Å². The normalized spacial score (nSPS) is 12.5. The fourth-order valence-corrected chi connectivity index (χ4v) is 2.40. The number of nitrogens with zero attached hydrogens (tertiary/aromatic N) is 6. The maximum Gasteiger partial charge on any atom is 0.251 e. The molecule has 3 aromatic heterocycles. The minimum Gasteiger partial charge on any atom is -0.350 e. The van der Waals surface area contributed by atoms with Crippen LogP contribution < -0.4 is 5.32 Å². The van der Waals surface area contributed by atoms with Crippen molar-refractivity contribution in [2.75, 3.05) is 6.54 Å². The first-order valence-corrected chi connectivity index (χ1v) is 7.03. The topological polar surface area (TPSA) is 90.0 Å². The van der Waals surface area contributed by atoms with Crippen LogP contribution in [0.3, 0.4) is 0 Å². The van der Waals surface area contributed by atoms with Gasteiger partial charge in [0.15, 0.2) is 5.65 Å². The molecule has 3 rings (SSSR count). The summed E-state index contributed by atoms with van der Waals surface area (Å²) in [6, 6.07) is 5.44. The molecule has 0 spiro atoms. The Labute approximate surface area is 127 Å². The Morgan fingerprint density at radius 1 is 1.36 bits per heavy atom. The van der Waals surface area contributed by atoms with E-state index < -0.39 is 0 Å².